The standard InChI is InChI=1S/C9H13ClNOP/c1-11(2)13(10)9-6-4-8(12-3)5-7-9/h4-7H,1-3H3. The van der Waals surface area contributed by atoms with E-state index in [0.717, 1.165) is 11.1 Å². The van der Waals surface area contributed by atoms with E-state index in [9.17, 15) is 0 Å². The number of methoxy groups -OCH3 is 1. The van der Waals surface area contributed by atoms with Gasteiger partial charge >= 0.3 is 0 Å². The van der Waals surface area contributed by atoms with Gasteiger partial charge in [-0.15, -0.1) is 0 Å². The van der Waals surface area contributed by atoms with E-state index in [1.807, 2.05) is 43.0 Å². The molecular formula is C9H13ClNOP. The normalized spacial score (nSPS) is 13.0. The minimum atomic E-state index is -0.702. The summed E-state index contributed by atoms with van der Waals surface area (Å²) >= 11 is 6.19. The molecule has 0 amide bonds. The minimum absolute atomic E-state index is 0.702. The molecule has 0 heterocycles. The first-order chi connectivity index (χ1) is 6.15. The number of rotatable bonds is 3. The second-order valence-corrected chi connectivity index (χ2v) is 5.60. The lowest BCUT2D eigenvalue weighted by Crippen LogP contribution is -2.10. The van der Waals surface area contributed by atoms with Crippen molar-refractivity contribution >= 4 is 24.0 Å². The van der Waals surface area contributed by atoms with Crippen LogP contribution < -0.4 is 10.0 Å². The molecule has 0 radical (unpaired) electrons. The lowest BCUT2D eigenvalue weighted by atomic mass is 10.3. The van der Waals surface area contributed by atoms with Gasteiger partial charge in [-0.05, 0) is 38.4 Å². The second kappa shape index (κ2) is 4.80. The van der Waals surface area contributed by atoms with Crippen LogP contribution in [0.3, 0.4) is 0 Å². The van der Waals surface area contributed by atoms with Gasteiger partial charge in [0.15, 0.2) is 0 Å². The highest BCUT2D eigenvalue weighted by Gasteiger charge is 2.09. The van der Waals surface area contributed by atoms with Crippen molar-refractivity contribution < 1.29 is 4.74 Å². The highest BCUT2D eigenvalue weighted by Crippen LogP contribution is 2.41. The summed E-state index contributed by atoms with van der Waals surface area (Å²) in [5, 5.41) is 1.14. The summed E-state index contributed by atoms with van der Waals surface area (Å²) in [6.45, 7) is 0. The average molecular weight is 218 g/mol. The third-order valence-corrected chi connectivity index (χ3v) is 4.56. The summed E-state index contributed by atoms with van der Waals surface area (Å²) in [4.78, 5) is 0. The first kappa shape index (κ1) is 10.8. The summed E-state index contributed by atoms with van der Waals surface area (Å²) in [7, 11) is 4.91. The summed E-state index contributed by atoms with van der Waals surface area (Å²) < 4.78 is 7.07. The Labute approximate surface area is 85.1 Å². The Hall–Kier alpha value is -0.300. The van der Waals surface area contributed by atoms with Crippen LogP contribution in [-0.2, 0) is 0 Å². The molecule has 1 rings (SSSR count). The van der Waals surface area contributed by atoms with Gasteiger partial charge in [0, 0.05) is 5.30 Å². The average Bonchev–Trinajstić information content (AvgIpc) is 2.17. The molecule has 4 heteroatoms. The fraction of sp³-hybridized carbons (Fsp3) is 0.333. The van der Waals surface area contributed by atoms with Gasteiger partial charge in [-0.2, -0.15) is 0 Å². The van der Waals surface area contributed by atoms with Crippen molar-refractivity contribution in [3.8, 4) is 5.75 Å². The molecular weight excluding hydrogens is 205 g/mol. The van der Waals surface area contributed by atoms with Gasteiger partial charge < -0.3 is 4.74 Å². The van der Waals surface area contributed by atoms with Crippen molar-refractivity contribution in [2.45, 2.75) is 0 Å². The third kappa shape index (κ3) is 2.84. The maximum absolute atomic E-state index is 6.19. The molecule has 0 N–H and O–H groups in total. The second-order valence-electron chi connectivity index (χ2n) is 2.81. The molecule has 72 valence electrons. The van der Waals surface area contributed by atoms with Crippen molar-refractivity contribution in [3.63, 3.8) is 0 Å². The number of benzene rings is 1. The Balaban J connectivity index is 2.79. The van der Waals surface area contributed by atoms with Crippen LogP contribution in [0.4, 0.5) is 0 Å². The first-order valence-corrected chi connectivity index (χ1v) is 6.12. The van der Waals surface area contributed by atoms with Crippen molar-refractivity contribution in [3.05, 3.63) is 24.3 Å². The Morgan fingerprint density at radius 1 is 1.23 bits per heavy atom. The van der Waals surface area contributed by atoms with E-state index in [0.29, 0.717) is 0 Å². The lowest BCUT2D eigenvalue weighted by molar-refractivity contribution is 0.415. The molecule has 1 aromatic rings. The maximum atomic E-state index is 6.19. The van der Waals surface area contributed by atoms with Crippen LogP contribution in [0.1, 0.15) is 0 Å². The van der Waals surface area contributed by atoms with Gasteiger partial charge in [0.1, 0.15) is 5.75 Å². The van der Waals surface area contributed by atoms with Gasteiger partial charge in [0.25, 0.3) is 0 Å². The Morgan fingerprint density at radius 3 is 2.15 bits per heavy atom. The van der Waals surface area contributed by atoms with Crippen LogP contribution in [-0.4, -0.2) is 25.9 Å². The predicted molar refractivity (Wildman–Crippen MR) is 59.1 cm³/mol. The molecule has 0 aliphatic carbocycles. The van der Waals surface area contributed by atoms with Crippen LogP contribution in [0.15, 0.2) is 24.3 Å². The molecule has 0 fully saturated rings. The van der Waals surface area contributed by atoms with E-state index in [1.165, 1.54) is 0 Å². The Morgan fingerprint density at radius 2 is 1.77 bits per heavy atom. The van der Waals surface area contributed by atoms with Gasteiger partial charge in [-0.1, -0.05) is 11.2 Å². The van der Waals surface area contributed by atoms with E-state index < -0.39 is 7.43 Å². The Kier molecular flexibility index (Phi) is 3.98. The fourth-order valence-electron chi connectivity index (χ4n) is 0.936. The topological polar surface area (TPSA) is 12.5 Å². The van der Waals surface area contributed by atoms with Crippen LogP contribution in [0.25, 0.3) is 0 Å². The highest BCUT2D eigenvalue weighted by atomic mass is 35.7. The van der Waals surface area contributed by atoms with Gasteiger partial charge in [-0.25, -0.2) is 0 Å². The zero-order chi connectivity index (χ0) is 9.84. The number of ether oxygens (including phenoxy) is 1. The zero-order valence-corrected chi connectivity index (χ0v) is 9.64. The van der Waals surface area contributed by atoms with E-state index >= 15 is 0 Å². The molecule has 0 aliphatic rings. The summed E-state index contributed by atoms with van der Waals surface area (Å²) in [6, 6.07) is 7.85. The monoisotopic (exact) mass is 217 g/mol. The Bertz CT molecular complexity index is 263. The van der Waals surface area contributed by atoms with Crippen molar-refractivity contribution in [1.82, 2.24) is 4.67 Å². The smallest absolute Gasteiger partial charge is 0.118 e. The van der Waals surface area contributed by atoms with E-state index in [-0.39, 0.29) is 0 Å². The molecule has 1 atom stereocenters. The third-order valence-electron chi connectivity index (χ3n) is 1.64. The molecule has 1 aromatic carbocycles. The van der Waals surface area contributed by atoms with E-state index in [4.69, 9.17) is 16.0 Å². The van der Waals surface area contributed by atoms with Gasteiger partial charge in [0.05, 0.1) is 14.5 Å². The number of hydrogen-bond acceptors (Lipinski definition) is 2. The molecule has 0 aromatic heterocycles. The minimum Gasteiger partial charge on any atom is -0.497 e. The zero-order valence-electron chi connectivity index (χ0n) is 7.99. The maximum Gasteiger partial charge on any atom is 0.118 e. The number of halogens is 1. The summed E-state index contributed by atoms with van der Waals surface area (Å²) in [6.07, 6.45) is 0. The molecule has 13 heavy (non-hydrogen) atoms. The van der Waals surface area contributed by atoms with Gasteiger partial charge in [0.2, 0.25) is 0 Å². The van der Waals surface area contributed by atoms with Gasteiger partial charge in [-0.3, -0.25) is 4.67 Å². The molecule has 0 saturated heterocycles. The summed E-state index contributed by atoms with van der Waals surface area (Å²) in [5.41, 5.74) is 0. The predicted octanol–water partition coefficient (Wildman–Crippen LogP) is 2.43. The van der Waals surface area contributed by atoms with Crippen LogP contribution >= 0.6 is 18.7 Å². The molecule has 0 aliphatic heterocycles. The summed E-state index contributed by atoms with van der Waals surface area (Å²) in [5.74, 6) is 0.863. The van der Waals surface area contributed by atoms with E-state index in [2.05, 4.69) is 0 Å². The van der Waals surface area contributed by atoms with Crippen molar-refractivity contribution in [1.29, 1.82) is 0 Å². The quantitative estimate of drug-likeness (QED) is 0.721. The van der Waals surface area contributed by atoms with Crippen LogP contribution in [0.5, 0.6) is 5.75 Å². The molecule has 1 unspecified atom stereocenters. The number of hydrogen-bond donors (Lipinski definition) is 0. The molecule has 0 saturated carbocycles. The largest absolute Gasteiger partial charge is 0.497 e. The van der Waals surface area contributed by atoms with E-state index in [1.54, 1.807) is 7.11 Å². The fourth-order valence-corrected chi connectivity index (χ4v) is 2.13. The molecule has 2 nitrogen and oxygen atoms in total. The highest BCUT2D eigenvalue weighted by molar-refractivity contribution is 7.88. The van der Waals surface area contributed by atoms with Crippen LogP contribution in [0.2, 0.25) is 0 Å². The van der Waals surface area contributed by atoms with Crippen molar-refractivity contribution in [2.24, 2.45) is 0 Å². The first-order valence-electron chi connectivity index (χ1n) is 3.92. The van der Waals surface area contributed by atoms with Crippen molar-refractivity contribution in [2.75, 3.05) is 21.2 Å². The number of nitrogens with zero attached hydrogens (tertiary/aromatic N) is 1. The SMILES string of the molecule is COc1ccc(P(Cl)N(C)C)cc1. The molecule has 0 spiro atoms. The lowest BCUT2D eigenvalue weighted by Gasteiger charge is -2.17. The van der Waals surface area contributed by atoms with Crippen LogP contribution in [0, 0.1) is 0 Å². The molecule has 0 bridgehead atoms.